The maximum atomic E-state index is 11.6. The van der Waals surface area contributed by atoms with Crippen LogP contribution in [-0.4, -0.2) is 11.1 Å². The van der Waals surface area contributed by atoms with Crippen molar-refractivity contribution in [2.75, 3.05) is 0 Å². The molecule has 2 rings (SSSR count). The highest BCUT2D eigenvalue weighted by atomic mass is 16.4. The monoisotopic (exact) mass is 280 g/mol. The quantitative estimate of drug-likeness (QED) is 0.779. The largest absolute Gasteiger partial charge is 0.481 e. The highest BCUT2D eigenvalue weighted by Gasteiger charge is 2.61. The lowest BCUT2D eigenvalue weighted by Crippen LogP contribution is -2.58. The Balaban J connectivity index is 2.49. The molecule has 0 amide bonds. The number of fused-ring (bicyclic) bond motifs is 1. The van der Waals surface area contributed by atoms with Crippen molar-refractivity contribution in [2.24, 2.45) is 28.1 Å². The summed E-state index contributed by atoms with van der Waals surface area (Å²) in [6.45, 7) is 11.8. The summed E-state index contributed by atoms with van der Waals surface area (Å²) in [6.07, 6.45) is 7.61. The number of rotatable bonds is 3. The molecule has 2 aliphatic carbocycles. The molecule has 0 bridgehead atoms. The van der Waals surface area contributed by atoms with E-state index in [-0.39, 0.29) is 10.8 Å². The van der Waals surface area contributed by atoms with Gasteiger partial charge in [-0.1, -0.05) is 41.0 Å². The minimum Gasteiger partial charge on any atom is -0.481 e. The van der Waals surface area contributed by atoms with Gasteiger partial charge in [0, 0.05) is 0 Å². The molecule has 0 saturated heterocycles. The van der Waals surface area contributed by atoms with Gasteiger partial charge in [0.05, 0.1) is 6.42 Å². The van der Waals surface area contributed by atoms with E-state index in [0.717, 1.165) is 6.42 Å². The van der Waals surface area contributed by atoms with Gasteiger partial charge in [-0.3, -0.25) is 4.79 Å². The maximum Gasteiger partial charge on any atom is 0.303 e. The third-order valence-corrected chi connectivity index (χ3v) is 7.30. The number of carbonyl (C=O) groups is 1. The Labute approximate surface area is 124 Å². The molecule has 2 fully saturated rings. The van der Waals surface area contributed by atoms with Gasteiger partial charge < -0.3 is 5.11 Å². The van der Waals surface area contributed by atoms with Gasteiger partial charge >= 0.3 is 5.97 Å². The van der Waals surface area contributed by atoms with Gasteiger partial charge in [0.25, 0.3) is 0 Å². The van der Waals surface area contributed by atoms with Crippen molar-refractivity contribution in [3.63, 3.8) is 0 Å². The van der Waals surface area contributed by atoms with Crippen molar-refractivity contribution in [3.05, 3.63) is 0 Å². The van der Waals surface area contributed by atoms with E-state index >= 15 is 0 Å². The van der Waals surface area contributed by atoms with Crippen LogP contribution in [-0.2, 0) is 4.79 Å². The van der Waals surface area contributed by atoms with Crippen LogP contribution in [0.4, 0.5) is 0 Å². The molecule has 0 aromatic rings. The van der Waals surface area contributed by atoms with Crippen LogP contribution in [0.2, 0.25) is 0 Å². The normalized spacial score (nSPS) is 43.9. The molecule has 2 nitrogen and oxygen atoms in total. The van der Waals surface area contributed by atoms with E-state index in [9.17, 15) is 9.90 Å². The van der Waals surface area contributed by atoms with E-state index in [1.807, 2.05) is 0 Å². The smallest absolute Gasteiger partial charge is 0.303 e. The lowest BCUT2D eigenvalue weighted by atomic mass is 9.39. The average molecular weight is 280 g/mol. The highest BCUT2D eigenvalue weighted by Crippen LogP contribution is 2.68. The maximum absolute atomic E-state index is 11.6. The van der Waals surface area contributed by atoms with Crippen molar-refractivity contribution in [2.45, 2.75) is 79.6 Å². The Kier molecular flexibility index (Phi) is 3.99. The zero-order valence-corrected chi connectivity index (χ0v) is 14.0. The predicted molar refractivity (Wildman–Crippen MR) is 82.6 cm³/mol. The molecule has 0 spiro atoms. The summed E-state index contributed by atoms with van der Waals surface area (Å²) in [5.41, 5.74) is 0.547. The molecule has 4 atom stereocenters. The van der Waals surface area contributed by atoms with Crippen LogP contribution in [0.15, 0.2) is 0 Å². The van der Waals surface area contributed by atoms with E-state index in [1.165, 1.54) is 32.1 Å². The third-order valence-electron chi connectivity index (χ3n) is 7.30. The van der Waals surface area contributed by atoms with Crippen LogP contribution in [0.1, 0.15) is 79.6 Å². The fourth-order valence-electron chi connectivity index (χ4n) is 6.21. The topological polar surface area (TPSA) is 37.3 Å². The summed E-state index contributed by atoms with van der Waals surface area (Å²) >= 11 is 0. The minimum atomic E-state index is -0.607. The minimum absolute atomic E-state index is 0.0144. The lowest BCUT2D eigenvalue weighted by molar-refractivity contribution is -0.176. The molecule has 2 saturated carbocycles. The zero-order valence-electron chi connectivity index (χ0n) is 14.0. The van der Waals surface area contributed by atoms with Crippen molar-refractivity contribution in [1.82, 2.24) is 0 Å². The summed E-state index contributed by atoms with van der Waals surface area (Å²) in [6, 6.07) is 0. The van der Waals surface area contributed by atoms with Crippen LogP contribution >= 0.6 is 0 Å². The van der Waals surface area contributed by atoms with E-state index < -0.39 is 5.97 Å². The van der Waals surface area contributed by atoms with E-state index in [1.54, 1.807) is 0 Å². The summed E-state index contributed by atoms with van der Waals surface area (Å²) < 4.78 is 0. The Hall–Kier alpha value is -0.530. The third kappa shape index (κ3) is 2.10. The lowest BCUT2D eigenvalue weighted by Gasteiger charge is -2.65. The zero-order chi connectivity index (χ0) is 15.2. The molecule has 0 aromatic carbocycles. The molecule has 3 unspecified atom stereocenters. The Morgan fingerprint density at radius 1 is 1.20 bits per heavy atom. The predicted octanol–water partition coefficient (Wildman–Crippen LogP) is 5.12. The molecule has 1 N–H and O–H groups in total. The number of aliphatic carboxylic acids is 1. The second-order valence-corrected chi connectivity index (χ2v) is 8.37. The first-order valence-electron chi connectivity index (χ1n) is 8.41. The molecule has 116 valence electrons. The number of carboxylic acids is 1. The molecule has 0 heterocycles. The first-order valence-corrected chi connectivity index (χ1v) is 8.41. The number of hydrogen-bond acceptors (Lipinski definition) is 1. The van der Waals surface area contributed by atoms with Crippen molar-refractivity contribution < 1.29 is 9.90 Å². The fraction of sp³-hybridized carbons (Fsp3) is 0.944. The van der Waals surface area contributed by atoms with Gasteiger partial charge in [-0.25, -0.2) is 0 Å². The second kappa shape index (κ2) is 5.03. The Morgan fingerprint density at radius 2 is 1.85 bits per heavy atom. The van der Waals surface area contributed by atoms with Gasteiger partial charge in [0.2, 0.25) is 0 Å². The van der Waals surface area contributed by atoms with E-state index in [4.69, 9.17) is 0 Å². The van der Waals surface area contributed by atoms with Crippen molar-refractivity contribution in [3.8, 4) is 0 Å². The van der Waals surface area contributed by atoms with Gasteiger partial charge in [-0.05, 0) is 60.2 Å². The van der Waals surface area contributed by atoms with Crippen LogP contribution in [0.3, 0.4) is 0 Å². The molecular weight excluding hydrogens is 248 g/mol. The van der Waals surface area contributed by atoms with E-state index in [2.05, 4.69) is 34.6 Å². The van der Waals surface area contributed by atoms with Crippen molar-refractivity contribution >= 4 is 5.97 Å². The molecule has 2 heteroatoms. The van der Waals surface area contributed by atoms with Gasteiger partial charge in [0.15, 0.2) is 0 Å². The molecule has 20 heavy (non-hydrogen) atoms. The Bertz CT molecular complexity index is 387. The summed E-state index contributed by atoms with van der Waals surface area (Å²) in [5.74, 6) is 0.599. The van der Waals surface area contributed by atoms with E-state index in [0.29, 0.717) is 23.7 Å². The standard InChI is InChI=1S/C18H32O2/c1-6-18(12-15(19)20)13(2)8-9-14-16(3,4)10-7-11-17(14,18)5/h13-14H,6-12H2,1-5H3,(H,19,20)/t13?,14-,17?,18?/m0/s1. The van der Waals surface area contributed by atoms with Crippen LogP contribution < -0.4 is 0 Å². The number of carboxylic acid groups (broad SMARTS) is 1. The van der Waals surface area contributed by atoms with Crippen LogP contribution in [0.5, 0.6) is 0 Å². The summed E-state index contributed by atoms with van der Waals surface area (Å²) in [4.78, 5) is 11.6. The summed E-state index contributed by atoms with van der Waals surface area (Å²) in [5, 5.41) is 9.51. The van der Waals surface area contributed by atoms with Gasteiger partial charge in [-0.15, -0.1) is 0 Å². The Morgan fingerprint density at radius 3 is 2.40 bits per heavy atom. The van der Waals surface area contributed by atoms with Gasteiger partial charge in [-0.2, -0.15) is 0 Å². The second-order valence-electron chi connectivity index (χ2n) is 8.37. The molecule has 0 radical (unpaired) electrons. The van der Waals surface area contributed by atoms with Gasteiger partial charge in [0.1, 0.15) is 0 Å². The first-order chi connectivity index (χ1) is 9.19. The van der Waals surface area contributed by atoms with Crippen LogP contribution in [0.25, 0.3) is 0 Å². The summed E-state index contributed by atoms with van der Waals surface area (Å²) in [7, 11) is 0. The molecule has 0 aromatic heterocycles. The number of hydrogen-bond donors (Lipinski definition) is 1. The average Bonchev–Trinajstić information content (AvgIpc) is 2.32. The highest BCUT2D eigenvalue weighted by molar-refractivity contribution is 5.68. The molecule has 0 aliphatic heterocycles. The first kappa shape index (κ1) is 15.9. The molecular formula is C18H32O2. The van der Waals surface area contributed by atoms with Crippen LogP contribution in [0, 0.1) is 28.1 Å². The SMILES string of the molecule is CCC1(CC(=O)O)C(C)CC[C@H]2C(C)(C)CCCC21C. The molecule has 2 aliphatic rings. The fourth-order valence-corrected chi connectivity index (χ4v) is 6.21. The van der Waals surface area contributed by atoms with Crippen molar-refractivity contribution in [1.29, 1.82) is 0 Å².